The van der Waals surface area contributed by atoms with E-state index < -0.39 is 0 Å². The molecule has 2 aromatic carbocycles. The van der Waals surface area contributed by atoms with Crippen molar-refractivity contribution in [2.75, 3.05) is 17.7 Å². The zero-order chi connectivity index (χ0) is 16.5. The summed E-state index contributed by atoms with van der Waals surface area (Å²) in [5.74, 6) is 0.807. The van der Waals surface area contributed by atoms with Gasteiger partial charge in [0.05, 0.1) is 6.61 Å². The lowest BCUT2D eigenvalue weighted by molar-refractivity contribution is -0.116. The van der Waals surface area contributed by atoms with Crippen molar-refractivity contribution in [3.63, 3.8) is 0 Å². The molecule has 0 radical (unpaired) electrons. The molecule has 4 heteroatoms. The fourth-order valence-corrected chi connectivity index (χ4v) is 2.20. The number of nitrogens with two attached hydrogens (primary N) is 1. The minimum atomic E-state index is -0.0205. The average Bonchev–Trinajstić information content (AvgIpc) is 2.56. The Morgan fingerprint density at radius 3 is 2.57 bits per heavy atom. The molecule has 23 heavy (non-hydrogen) atoms. The van der Waals surface area contributed by atoms with E-state index >= 15 is 0 Å². The second kappa shape index (κ2) is 8.83. The topological polar surface area (TPSA) is 64.3 Å². The van der Waals surface area contributed by atoms with E-state index in [1.54, 1.807) is 0 Å². The lowest BCUT2D eigenvalue weighted by Gasteiger charge is -2.09. The molecule has 0 atom stereocenters. The van der Waals surface area contributed by atoms with E-state index in [0.717, 1.165) is 42.1 Å². The Hall–Kier alpha value is -2.49. The second-order valence-electron chi connectivity index (χ2n) is 5.47. The highest BCUT2D eigenvalue weighted by atomic mass is 16.5. The number of hydrogen-bond acceptors (Lipinski definition) is 3. The highest BCUT2D eigenvalue weighted by Crippen LogP contribution is 2.17. The maximum Gasteiger partial charge on any atom is 0.224 e. The summed E-state index contributed by atoms with van der Waals surface area (Å²) in [5, 5.41) is 2.89. The number of benzene rings is 2. The third-order valence-corrected chi connectivity index (χ3v) is 3.58. The van der Waals surface area contributed by atoms with Crippen LogP contribution in [0.25, 0.3) is 0 Å². The highest BCUT2D eigenvalue weighted by molar-refractivity contribution is 5.90. The van der Waals surface area contributed by atoms with Crippen molar-refractivity contribution in [1.82, 2.24) is 0 Å². The largest absolute Gasteiger partial charge is 0.494 e. The van der Waals surface area contributed by atoms with Gasteiger partial charge in [0.15, 0.2) is 0 Å². The van der Waals surface area contributed by atoms with Crippen molar-refractivity contribution >= 4 is 17.3 Å². The standard InChI is InChI=1S/C19H24N2O2/c1-2-3-14-23-17-11-9-16(10-12-17)21-19(22)13-8-15-6-4-5-7-18(15)20/h4-7,9-12H,2-3,8,13-14,20H2,1H3,(H,21,22). The van der Waals surface area contributed by atoms with E-state index in [1.165, 1.54) is 0 Å². The molecular formula is C19H24N2O2. The highest BCUT2D eigenvalue weighted by Gasteiger charge is 2.05. The molecule has 0 bridgehead atoms. The second-order valence-corrected chi connectivity index (χ2v) is 5.47. The number of ether oxygens (including phenoxy) is 1. The first-order valence-electron chi connectivity index (χ1n) is 8.05. The molecule has 2 aromatic rings. The van der Waals surface area contributed by atoms with Gasteiger partial charge >= 0.3 is 0 Å². The van der Waals surface area contributed by atoms with Gasteiger partial charge in [-0.25, -0.2) is 0 Å². The van der Waals surface area contributed by atoms with Gasteiger partial charge in [0.2, 0.25) is 5.91 Å². The minimum Gasteiger partial charge on any atom is -0.494 e. The van der Waals surface area contributed by atoms with Crippen LogP contribution in [0.5, 0.6) is 5.75 Å². The fraction of sp³-hybridized carbons (Fsp3) is 0.316. The Morgan fingerprint density at radius 2 is 1.87 bits per heavy atom. The van der Waals surface area contributed by atoms with E-state index in [9.17, 15) is 4.79 Å². The Labute approximate surface area is 137 Å². The molecule has 0 aliphatic heterocycles. The fourth-order valence-electron chi connectivity index (χ4n) is 2.20. The Kier molecular flexibility index (Phi) is 6.48. The van der Waals surface area contributed by atoms with E-state index in [1.807, 2.05) is 48.5 Å². The zero-order valence-corrected chi connectivity index (χ0v) is 13.5. The van der Waals surface area contributed by atoms with Crippen LogP contribution in [0.3, 0.4) is 0 Å². The first-order chi connectivity index (χ1) is 11.2. The van der Waals surface area contributed by atoms with Crippen LogP contribution in [0.15, 0.2) is 48.5 Å². The molecule has 0 aliphatic rings. The lowest BCUT2D eigenvalue weighted by Crippen LogP contribution is -2.12. The zero-order valence-electron chi connectivity index (χ0n) is 13.5. The normalized spacial score (nSPS) is 10.3. The SMILES string of the molecule is CCCCOc1ccc(NC(=O)CCc2ccccc2N)cc1. The van der Waals surface area contributed by atoms with Crippen LogP contribution < -0.4 is 15.8 Å². The molecule has 0 aromatic heterocycles. The van der Waals surface area contributed by atoms with Crippen molar-refractivity contribution in [1.29, 1.82) is 0 Å². The maximum absolute atomic E-state index is 12.0. The molecule has 1 amide bonds. The Bertz CT molecular complexity index is 624. The molecule has 0 saturated carbocycles. The van der Waals surface area contributed by atoms with Crippen molar-refractivity contribution in [3.8, 4) is 5.75 Å². The van der Waals surface area contributed by atoms with Crippen molar-refractivity contribution in [2.24, 2.45) is 0 Å². The van der Waals surface area contributed by atoms with Crippen molar-refractivity contribution < 1.29 is 9.53 Å². The summed E-state index contributed by atoms with van der Waals surface area (Å²) in [6.45, 7) is 2.85. The van der Waals surface area contributed by atoms with Gasteiger partial charge in [0.1, 0.15) is 5.75 Å². The Balaban J connectivity index is 1.80. The molecular weight excluding hydrogens is 288 g/mol. The monoisotopic (exact) mass is 312 g/mol. The molecule has 0 aliphatic carbocycles. The van der Waals surface area contributed by atoms with Gasteiger partial charge in [0, 0.05) is 17.8 Å². The summed E-state index contributed by atoms with van der Waals surface area (Å²) in [5.41, 5.74) is 8.39. The van der Waals surface area contributed by atoms with Gasteiger partial charge < -0.3 is 15.8 Å². The van der Waals surface area contributed by atoms with Crippen molar-refractivity contribution in [2.45, 2.75) is 32.6 Å². The van der Waals surface area contributed by atoms with E-state index in [0.29, 0.717) is 12.8 Å². The predicted molar refractivity (Wildman–Crippen MR) is 94.7 cm³/mol. The quantitative estimate of drug-likeness (QED) is 0.571. The number of amides is 1. The molecule has 0 spiro atoms. The van der Waals surface area contributed by atoms with Crippen LogP contribution in [0.1, 0.15) is 31.7 Å². The molecule has 122 valence electrons. The number of nitrogens with one attached hydrogen (secondary N) is 1. The van der Waals surface area contributed by atoms with E-state index in [2.05, 4.69) is 12.2 Å². The smallest absolute Gasteiger partial charge is 0.224 e. The maximum atomic E-state index is 12.0. The summed E-state index contributed by atoms with van der Waals surface area (Å²) in [6.07, 6.45) is 3.20. The summed E-state index contributed by atoms with van der Waals surface area (Å²) in [6, 6.07) is 15.1. The Morgan fingerprint density at radius 1 is 1.13 bits per heavy atom. The molecule has 0 unspecified atom stereocenters. The van der Waals surface area contributed by atoms with Gasteiger partial charge in [-0.05, 0) is 48.7 Å². The average molecular weight is 312 g/mol. The molecule has 3 N–H and O–H groups in total. The van der Waals surface area contributed by atoms with Gasteiger partial charge in [0.25, 0.3) is 0 Å². The summed E-state index contributed by atoms with van der Waals surface area (Å²) in [7, 11) is 0. The van der Waals surface area contributed by atoms with Crippen molar-refractivity contribution in [3.05, 3.63) is 54.1 Å². The number of unbranched alkanes of at least 4 members (excludes halogenated alkanes) is 1. The number of rotatable bonds is 8. The van der Waals surface area contributed by atoms with Crippen LogP contribution in [0, 0.1) is 0 Å². The predicted octanol–water partition coefficient (Wildman–Crippen LogP) is 4.02. The minimum absolute atomic E-state index is 0.0205. The summed E-state index contributed by atoms with van der Waals surface area (Å²) >= 11 is 0. The summed E-state index contributed by atoms with van der Waals surface area (Å²) in [4.78, 5) is 12.0. The van der Waals surface area contributed by atoms with Crippen LogP contribution in [-0.4, -0.2) is 12.5 Å². The van der Waals surface area contributed by atoms with Gasteiger partial charge in [-0.3, -0.25) is 4.79 Å². The molecule has 0 heterocycles. The van der Waals surface area contributed by atoms with Crippen LogP contribution in [-0.2, 0) is 11.2 Å². The number of para-hydroxylation sites is 1. The third kappa shape index (κ3) is 5.66. The molecule has 0 fully saturated rings. The van der Waals surface area contributed by atoms with Crippen LogP contribution >= 0.6 is 0 Å². The molecule has 0 saturated heterocycles. The number of anilines is 2. The van der Waals surface area contributed by atoms with Crippen LogP contribution in [0.2, 0.25) is 0 Å². The third-order valence-electron chi connectivity index (χ3n) is 3.58. The number of carbonyl (C=O) groups is 1. The molecule has 4 nitrogen and oxygen atoms in total. The van der Waals surface area contributed by atoms with Gasteiger partial charge in [-0.2, -0.15) is 0 Å². The first-order valence-corrected chi connectivity index (χ1v) is 8.05. The van der Waals surface area contributed by atoms with E-state index in [4.69, 9.17) is 10.5 Å². The summed E-state index contributed by atoms with van der Waals surface area (Å²) < 4.78 is 5.60. The number of nitrogen functional groups attached to an aromatic ring is 1. The van der Waals surface area contributed by atoms with Gasteiger partial charge in [-0.1, -0.05) is 31.5 Å². The number of hydrogen-bond donors (Lipinski definition) is 2. The van der Waals surface area contributed by atoms with Crippen LogP contribution in [0.4, 0.5) is 11.4 Å². The van der Waals surface area contributed by atoms with E-state index in [-0.39, 0.29) is 5.91 Å². The first kappa shape index (κ1) is 16.9. The lowest BCUT2D eigenvalue weighted by atomic mass is 10.1. The van der Waals surface area contributed by atoms with Gasteiger partial charge in [-0.15, -0.1) is 0 Å². The molecule has 2 rings (SSSR count). The number of aryl methyl sites for hydroxylation is 1. The number of carbonyl (C=O) groups excluding carboxylic acids is 1.